The quantitative estimate of drug-likeness (QED) is 0.200. The summed E-state index contributed by atoms with van der Waals surface area (Å²) in [6, 6.07) is 54.6. The van der Waals surface area contributed by atoms with Crippen molar-refractivity contribution in [1.82, 2.24) is 0 Å². The average molecular weight is 537 g/mol. The first kappa shape index (κ1) is 25.5. The van der Waals surface area contributed by atoms with Crippen LogP contribution >= 0.6 is 11.6 Å². The molecular formula is C37H29ClN2. The van der Waals surface area contributed by atoms with E-state index in [-0.39, 0.29) is 0 Å². The normalized spacial score (nSPS) is 10.8. The van der Waals surface area contributed by atoms with E-state index in [1.54, 1.807) is 0 Å². The van der Waals surface area contributed by atoms with Crippen LogP contribution in [-0.2, 0) is 0 Å². The number of para-hydroxylation sites is 4. The molecule has 0 atom stereocenters. The highest BCUT2D eigenvalue weighted by molar-refractivity contribution is 6.37. The molecular weight excluding hydrogens is 508 g/mol. The van der Waals surface area contributed by atoms with Crippen LogP contribution in [0.5, 0.6) is 0 Å². The lowest BCUT2D eigenvalue weighted by Crippen LogP contribution is -2.14. The zero-order chi connectivity index (χ0) is 27.3. The van der Waals surface area contributed by atoms with E-state index in [2.05, 4.69) is 150 Å². The Hall–Kier alpha value is -4.79. The predicted molar refractivity (Wildman–Crippen MR) is 171 cm³/mol. The lowest BCUT2D eigenvalue weighted by atomic mass is 10.0. The lowest BCUT2D eigenvalue weighted by molar-refractivity contribution is 1.25. The molecule has 0 radical (unpaired) electrons. The molecule has 0 heterocycles. The Bertz CT molecular complexity index is 1500. The molecule has 6 aromatic rings. The van der Waals surface area contributed by atoms with Gasteiger partial charge in [-0.1, -0.05) is 114 Å². The van der Waals surface area contributed by atoms with Gasteiger partial charge in [-0.05, 0) is 78.7 Å². The van der Waals surface area contributed by atoms with Crippen molar-refractivity contribution in [2.24, 2.45) is 0 Å². The number of nitrogens with zero attached hydrogens (tertiary/aromatic N) is 2. The zero-order valence-corrected chi connectivity index (χ0v) is 23.0. The third-order valence-corrected chi connectivity index (χ3v) is 7.35. The molecule has 0 fully saturated rings. The largest absolute Gasteiger partial charge is 0.309 e. The molecule has 6 aromatic carbocycles. The van der Waals surface area contributed by atoms with Crippen molar-refractivity contribution < 1.29 is 0 Å². The molecule has 0 aromatic heterocycles. The standard InChI is InChI=1S/C37H29ClN2/c1-28-22-24-29(25-23-28)30-26-35(39(31-14-6-2-7-15-31)32-16-8-3-9-17-32)37(38)36(27-30)40(33-18-10-4-11-19-33)34-20-12-5-13-21-34/h2-27H,1H3. The van der Waals surface area contributed by atoms with Crippen LogP contribution in [0.1, 0.15) is 5.56 Å². The summed E-state index contributed by atoms with van der Waals surface area (Å²) in [5, 5.41) is 0.663. The molecule has 2 nitrogen and oxygen atoms in total. The summed E-state index contributed by atoms with van der Waals surface area (Å²) in [5.74, 6) is 0. The van der Waals surface area contributed by atoms with Gasteiger partial charge in [0, 0.05) is 22.7 Å². The summed E-state index contributed by atoms with van der Waals surface area (Å²) in [7, 11) is 0. The Kier molecular flexibility index (Phi) is 7.34. The van der Waals surface area contributed by atoms with E-state index in [1.165, 1.54) is 5.56 Å². The second kappa shape index (κ2) is 11.5. The van der Waals surface area contributed by atoms with Gasteiger partial charge in [0.2, 0.25) is 0 Å². The van der Waals surface area contributed by atoms with Gasteiger partial charge < -0.3 is 9.80 Å². The molecule has 0 saturated heterocycles. The first-order valence-corrected chi connectivity index (χ1v) is 13.8. The highest BCUT2D eigenvalue weighted by Crippen LogP contribution is 2.48. The molecule has 0 N–H and O–H groups in total. The summed E-state index contributed by atoms with van der Waals surface area (Å²) >= 11 is 7.50. The number of aryl methyl sites for hydroxylation is 1. The fourth-order valence-electron chi connectivity index (χ4n) is 5.00. The van der Waals surface area contributed by atoms with Crippen molar-refractivity contribution in [2.45, 2.75) is 6.92 Å². The molecule has 0 bridgehead atoms. The molecule has 6 rings (SSSR count). The number of anilines is 6. The molecule has 0 aliphatic rings. The summed E-state index contributed by atoms with van der Waals surface area (Å²) < 4.78 is 0. The Balaban J connectivity index is 1.66. The van der Waals surface area contributed by atoms with Crippen molar-refractivity contribution in [3.05, 3.63) is 168 Å². The Morgan fingerprint density at radius 3 is 1.05 bits per heavy atom. The predicted octanol–water partition coefficient (Wildman–Crippen LogP) is 11.3. The third kappa shape index (κ3) is 5.22. The monoisotopic (exact) mass is 536 g/mol. The van der Waals surface area contributed by atoms with E-state index in [0.717, 1.165) is 45.3 Å². The summed E-state index contributed by atoms with van der Waals surface area (Å²) in [4.78, 5) is 4.47. The maximum Gasteiger partial charge on any atom is 0.0887 e. The van der Waals surface area contributed by atoms with Crippen molar-refractivity contribution in [2.75, 3.05) is 9.80 Å². The molecule has 0 aliphatic heterocycles. The van der Waals surface area contributed by atoms with Gasteiger partial charge in [-0.15, -0.1) is 0 Å². The van der Waals surface area contributed by atoms with Crippen molar-refractivity contribution in [1.29, 1.82) is 0 Å². The minimum atomic E-state index is 0.663. The minimum Gasteiger partial charge on any atom is -0.309 e. The van der Waals surface area contributed by atoms with E-state index in [9.17, 15) is 0 Å². The highest BCUT2D eigenvalue weighted by atomic mass is 35.5. The SMILES string of the molecule is Cc1ccc(-c2cc(N(c3ccccc3)c3ccccc3)c(Cl)c(N(c3ccccc3)c3ccccc3)c2)cc1. The fraction of sp³-hybridized carbons (Fsp3) is 0.0270. The molecule has 0 saturated carbocycles. The number of rotatable bonds is 7. The van der Waals surface area contributed by atoms with Gasteiger partial charge in [-0.25, -0.2) is 0 Å². The van der Waals surface area contributed by atoms with Gasteiger partial charge in [-0.3, -0.25) is 0 Å². The van der Waals surface area contributed by atoms with E-state index < -0.39 is 0 Å². The smallest absolute Gasteiger partial charge is 0.0887 e. The Morgan fingerprint density at radius 2 is 0.725 bits per heavy atom. The molecule has 3 heteroatoms. The third-order valence-electron chi connectivity index (χ3n) is 6.96. The van der Waals surface area contributed by atoms with Gasteiger partial charge in [0.1, 0.15) is 0 Å². The van der Waals surface area contributed by atoms with Crippen LogP contribution in [0, 0.1) is 6.92 Å². The van der Waals surface area contributed by atoms with Gasteiger partial charge in [0.25, 0.3) is 0 Å². The second-order valence-corrected chi connectivity index (χ2v) is 10.1. The van der Waals surface area contributed by atoms with Crippen molar-refractivity contribution >= 4 is 45.7 Å². The van der Waals surface area contributed by atoms with Crippen molar-refractivity contribution in [3.63, 3.8) is 0 Å². The van der Waals surface area contributed by atoms with Crippen LogP contribution in [0.3, 0.4) is 0 Å². The molecule has 0 aliphatic carbocycles. The zero-order valence-electron chi connectivity index (χ0n) is 22.3. The Labute approximate surface area is 241 Å². The maximum absolute atomic E-state index is 7.50. The van der Waals surface area contributed by atoms with Gasteiger partial charge in [0.05, 0.1) is 16.4 Å². The number of hydrogen-bond acceptors (Lipinski definition) is 2. The van der Waals surface area contributed by atoms with Crippen LogP contribution in [0.2, 0.25) is 5.02 Å². The van der Waals surface area contributed by atoms with Crippen LogP contribution < -0.4 is 9.80 Å². The topological polar surface area (TPSA) is 6.48 Å². The Morgan fingerprint density at radius 1 is 0.400 bits per heavy atom. The summed E-state index contributed by atoms with van der Waals surface area (Å²) in [6.07, 6.45) is 0. The van der Waals surface area contributed by atoms with E-state index in [1.807, 2.05) is 24.3 Å². The first-order chi connectivity index (χ1) is 19.7. The van der Waals surface area contributed by atoms with Crippen molar-refractivity contribution in [3.8, 4) is 11.1 Å². The number of benzene rings is 6. The van der Waals surface area contributed by atoms with E-state index in [4.69, 9.17) is 11.6 Å². The average Bonchev–Trinajstić information content (AvgIpc) is 3.02. The fourth-order valence-corrected chi connectivity index (χ4v) is 5.27. The molecule has 0 amide bonds. The molecule has 40 heavy (non-hydrogen) atoms. The number of halogens is 1. The van der Waals surface area contributed by atoms with Gasteiger partial charge in [-0.2, -0.15) is 0 Å². The van der Waals surface area contributed by atoms with Crippen LogP contribution in [0.15, 0.2) is 158 Å². The van der Waals surface area contributed by atoms with Gasteiger partial charge in [0.15, 0.2) is 0 Å². The first-order valence-electron chi connectivity index (χ1n) is 13.4. The number of hydrogen-bond donors (Lipinski definition) is 0. The molecule has 0 spiro atoms. The maximum atomic E-state index is 7.50. The highest BCUT2D eigenvalue weighted by Gasteiger charge is 2.23. The lowest BCUT2D eigenvalue weighted by Gasteiger charge is -2.31. The summed E-state index contributed by atoms with van der Waals surface area (Å²) in [5.41, 5.74) is 9.40. The van der Waals surface area contributed by atoms with E-state index >= 15 is 0 Å². The van der Waals surface area contributed by atoms with Crippen LogP contribution in [0.25, 0.3) is 11.1 Å². The van der Waals surface area contributed by atoms with E-state index in [0.29, 0.717) is 5.02 Å². The van der Waals surface area contributed by atoms with Crippen LogP contribution in [0.4, 0.5) is 34.1 Å². The molecule has 0 unspecified atom stereocenters. The molecule has 194 valence electrons. The minimum absolute atomic E-state index is 0.663. The summed E-state index contributed by atoms with van der Waals surface area (Å²) in [6.45, 7) is 2.11. The second-order valence-electron chi connectivity index (χ2n) is 9.71. The van der Waals surface area contributed by atoms with Crippen LogP contribution in [-0.4, -0.2) is 0 Å². The van der Waals surface area contributed by atoms with Gasteiger partial charge >= 0.3 is 0 Å².